The minimum atomic E-state index is -0.903. The summed E-state index contributed by atoms with van der Waals surface area (Å²) in [6.45, 7) is 2.00. The summed E-state index contributed by atoms with van der Waals surface area (Å²) in [5, 5.41) is 7.58. The van der Waals surface area contributed by atoms with Gasteiger partial charge < -0.3 is 14.8 Å². The molecule has 7 nitrogen and oxygen atoms in total. The molecule has 0 bridgehead atoms. The van der Waals surface area contributed by atoms with E-state index < -0.39 is 11.8 Å². The zero-order valence-corrected chi connectivity index (χ0v) is 19.4. The summed E-state index contributed by atoms with van der Waals surface area (Å²) in [5.74, 6) is -0.683. The van der Waals surface area contributed by atoms with Crippen LogP contribution in [-0.2, 0) is 16.2 Å². The normalized spacial score (nSPS) is 11.0. The third-order valence-electron chi connectivity index (χ3n) is 4.57. The Kier molecular flexibility index (Phi) is 8.29. The molecule has 0 atom stereocenters. The Balaban J connectivity index is 1.55. The standard InChI is InChI=1S/C24H21Cl2N3O4/c1-15(28-29-24(31)23(30)27-21-5-3-4-6-22(21)32-2)16-8-11-19(12-9-16)33-14-17-7-10-18(25)13-20(17)26/h3-13H,14H2,1-2H3,(H,27,30)(H,29,31)/b28-15+. The lowest BCUT2D eigenvalue weighted by atomic mass is 10.1. The number of methoxy groups -OCH3 is 1. The quantitative estimate of drug-likeness (QED) is 0.278. The van der Waals surface area contributed by atoms with Crippen molar-refractivity contribution in [3.8, 4) is 11.5 Å². The maximum absolute atomic E-state index is 12.1. The van der Waals surface area contributed by atoms with E-state index in [0.29, 0.717) is 39.6 Å². The number of carbonyl (C=O) groups excluding carboxylic acids is 2. The predicted octanol–water partition coefficient (Wildman–Crippen LogP) is 5.06. The number of rotatable bonds is 7. The Hall–Kier alpha value is -3.55. The van der Waals surface area contributed by atoms with E-state index in [4.69, 9.17) is 32.7 Å². The van der Waals surface area contributed by atoms with Crippen LogP contribution in [0.15, 0.2) is 71.8 Å². The number of para-hydroxylation sites is 2. The van der Waals surface area contributed by atoms with Crippen LogP contribution < -0.4 is 20.2 Å². The van der Waals surface area contributed by atoms with Crippen molar-refractivity contribution in [2.75, 3.05) is 12.4 Å². The number of benzene rings is 3. The molecule has 9 heteroatoms. The number of hydrogen-bond acceptors (Lipinski definition) is 5. The first-order chi connectivity index (χ1) is 15.9. The highest BCUT2D eigenvalue weighted by molar-refractivity contribution is 6.39. The minimum Gasteiger partial charge on any atom is -0.495 e. The number of anilines is 1. The van der Waals surface area contributed by atoms with Gasteiger partial charge in [0.1, 0.15) is 18.1 Å². The van der Waals surface area contributed by atoms with Gasteiger partial charge in [0.15, 0.2) is 0 Å². The van der Waals surface area contributed by atoms with Crippen molar-refractivity contribution in [2.24, 2.45) is 5.10 Å². The van der Waals surface area contributed by atoms with Crippen molar-refractivity contribution in [2.45, 2.75) is 13.5 Å². The number of ether oxygens (including phenoxy) is 2. The summed E-state index contributed by atoms with van der Waals surface area (Å²) in [6, 6.07) is 19.1. The van der Waals surface area contributed by atoms with Crippen LogP contribution in [0.2, 0.25) is 10.0 Å². The lowest BCUT2D eigenvalue weighted by molar-refractivity contribution is -0.136. The van der Waals surface area contributed by atoms with Gasteiger partial charge in [0.05, 0.1) is 18.5 Å². The zero-order chi connectivity index (χ0) is 23.8. The second-order valence-corrected chi connectivity index (χ2v) is 7.68. The van der Waals surface area contributed by atoms with Crippen molar-refractivity contribution >= 4 is 46.4 Å². The zero-order valence-electron chi connectivity index (χ0n) is 17.9. The van der Waals surface area contributed by atoms with Crippen LogP contribution in [0.3, 0.4) is 0 Å². The number of nitrogens with one attached hydrogen (secondary N) is 2. The molecule has 170 valence electrons. The molecule has 0 unspecified atom stereocenters. The molecule has 3 aromatic rings. The van der Waals surface area contributed by atoms with Crippen LogP contribution >= 0.6 is 23.2 Å². The molecular formula is C24H21Cl2N3O4. The molecule has 0 aromatic heterocycles. The van der Waals surface area contributed by atoms with Crippen LogP contribution in [0, 0.1) is 0 Å². The summed E-state index contributed by atoms with van der Waals surface area (Å²) >= 11 is 12.1. The van der Waals surface area contributed by atoms with Crippen LogP contribution in [0.4, 0.5) is 5.69 Å². The van der Waals surface area contributed by atoms with Crippen molar-refractivity contribution in [3.05, 3.63) is 87.9 Å². The molecule has 0 saturated carbocycles. The number of hydrazone groups is 1. The maximum atomic E-state index is 12.1. The fourth-order valence-electron chi connectivity index (χ4n) is 2.77. The second kappa shape index (κ2) is 11.4. The monoisotopic (exact) mass is 485 g/mol. The summed E-state index contributed by atoms with van der Waals surface area (Å²) in [5.41, 5.74) is 4.71. The highest BCUT2D eigenvalue weighted by Gasteiger charge is 2.15. The van der Waals surface area contributed by atoms with Gasteiger partial charge in [0, 0.05) is 15.6 Å². The molecule has 2 N–H and O–H groups in total. The fourth-order valence-corrected chi connectivity index (χ4v) is 3.23. The van der Waals surface area contributed by atoms with Crippen LogP contribution in [0.5, 0.6) is 11.5 Å². The van der Waals surface area contributed by atoms with E-state index in [1.807, 2.05) is 6.07 Å². The topological polar surface area (TPSA) is 89.0 Å². The first-order valence-corrected chi connectivity index (χ1v) is 10.6. The van der Waals surface area contributed by atoms with Gasteiger partial charge in [-0.1, -0.05) is 41.4 Å². The number of carbonyl (C=O) groups is 2. The number of amides is 2. The van der Waals surface area contributed by atoms with E-state index >= 15 is 0 Å². The molecule has 0 aliphatic carbocycles. The van der Waals surface area contributed by atoms with Crippen LogP contribution in [0.1, 0.15) is 18.1 Å². The summed E-state index contributed by atoms with van der Waals surface area (Å²) in [4.78, 5) is 24.2. The Bertz CT molecular complexity index is 1180. The highest BCUT2D eigenvalue weighted by atomic mass is 35.5. The van der Waals surface area contributed by atoms with Gasteiger partial charge in [-0.2, -0.15) is 5.10 Å². The lowest BCUT2D eigenvalue weighted by Gasteiger charge is -2.10. The summed E-state index contributed by atoms with van der Waals surface area (Å²) in [7, 11) is 1.47. The molecule has 0 spiro atoms. The maximum Gasteiger partial charge on any atom is 0.329 e. The molecule has 33 heavy (non-hydrogen) atoms. The molecule has 0 saturated heterocycles. The fraction of sp³-hybridized carbons (Fsp3) is 0.125. The van der Waals surface area contributed by atoms with Gasteiger partial charge in [-0.3, -0.25) is 9.59 Å². The highest BCUT2D eigenvalue weighted by Crippen LogP contribution is 2.24. The van der Waals surface area contributed by atoms with Gasteiger partial charge in [-0.25, -0.2) is 5.43 Å². The largest absolute Gasteiger partial charge is 0.495 e. The van der Waals surface area contributed by atoms with Gasteiger partial charge in [-0.15, -0.1) is 0 Å². The minimum absolute atomic E-state index is 0.291. The van der Waals surface area contributed by atoms with Crippen LogP contribution in [0.25, 0.3) is 0 Å². The first-order valence-electron chi connectivity index (χ1n) is 9.83. The van der Waals surface area contributed by atoms with Gasteiger partial charge in [-0.05, 0) is 61.0 Å². The SMILES string of the molecule is COc1ccccc1NC(=O)C(=O)N/N=C(\C)c1ccc(OCc2ccc(Cl)cc2Cl)cc1. The van der Waals surface area contributed by atoms with E-state index in [1.54, 1.807) is 67.6 Å². The Labute approximate surface area is 201 Å². The number of hydrogen-bond donors (Lipinski definition) is 2. The van der Waals surface area contributed by atoms with E-state index in [-0.39, 0.29) is 0 Å². The van der Waals surface area contributed by atoms with Gasteiger partial charge in [0.25, 0.3) is 0 Å². The lowest BCUT2D eigenvalue weighted by Crippen LogP contribution is -2.33. The Morgan fingerprint density at radius 1 is 0.970 bits per heavy atom. The summed E-state index contributed by atoms with van der Waals surface area (Å²) in [6.07, 6.45) is 0. The molecular weight excluding hydrogens is 465 g/mol. The average Bonchev–Trinajstić information content (AvgIpc) is 2.82. The van der Waals surface area contributed by atoms with E-state index in [9.17, 15) is 9.59 Å². The molecule has 0 fully saturated rings. The first kappa shape index (κ1) is 24.1. The molecule has 3 aromatic carbocycles. The van der Waals surface area contributed by atoms with E-state index in [0.717, 1.165) is 11.1 Å². The third kappa shape index (κ3) is 6.71. The molecule has 3 rings (SSSR count). The Morgan fingerprint density at radius 2 is 1.70 bits per heavy atom. The van der Waals surface area contributed by atoms with Crippen molar-refractivity contribution < 1.29 is 19.1 Å². The summed E-state index contributed by atoms with van der Waals surface area (Å²) < 4.78 is 10.9. The average molecular weight is 486 g/mol. The van der Waals surface area contributed by atoms with Gasteiger partial charge in [0.2, 0.25) is 0 Å². The van der Waals surface area contributed by atoms with Gasteiger partial charge >= 0.3 is 11.8 Å². The smallest absolute Gasteiger partial charge is 0.329 e. The third-order valence-corrected chi connectivity index (χ3v) is 5.16. The van der Waals surface area contributed by atoms with Crippen molar-refractivity contribution in [1.29, 1.82) is 0 Å². The molecule has 0 aliphatic rings. The second-order valence-electron chi connectivity index (χ2n) is 6.84. The molecule has 0 aliphatic heterocycles. The van der Waals surface area contributed by atoms with E-state index in [2.05, 4.69) is 15.8 Å². The van der Waals surface area contributed by atoms with Crippen LogP contribution in [-0.4, -0.2) is 24.6 Å². The van der Waals surface area contributed by atoms with Crippen molar-refractivity contribution in [1.82, 2.24) is 5.43 Å². The molecule has 0 heterocycles. The molecule has 2 amide bonds. The number of halogens is 2. The predicted molar refractivity (Wildman–Crippen MR) is 129 cm³/mol. The number of nitrogens with zero attached hydrogens (tertiary/aromatic N) is 1. The Morgan fingerprint density at radius 3 is 2.39 bits per heavy atom. The van der Waals surface area contributed by atoms with Crippen molar-refractivity contribution in [3.63, 3.8) is 0 Å². The molecule has 0 radical (unpaired) electrons. The van der Waals surface area contributed by atoms with E-state index in [1.165, 1.54) is 7.11 Å².